The Morgan fingerprint density at radius 2 is 2.15 bits per heavy atom. The highest BCUT2D eigenvalue weighted by molar-refractivity contribution is 5.69. The lowest BCUT2D eigenvalue weighted by Gasteiger charge is -2.11. The zero-order chi connectivity index (χ0) is 14.5. The maximum atomic E-state index is 6.13. The molecule has 0 spiro atoms. The zero-order valence-corrected chi connectivity index (χ0v) is 12.1. The lowest BCUT2D eigenvalue weighted by atomic mass is 10.3. The maximum absolute atomic E-state index is 6.13. The van der Waals surface area contributed by atoms with E-state index in [4.69, 9.17) is 10.5 Å². The van der Waals surface area contributed by atoms with Gasteiger partial charge >= 0.3 is 0 Å². The number of nitrogens with two attached hydrogens (primary N) is 1. The molecular weight excluding hydrogens is 256 g/mol. The summed E-state index contributed by atoms with van der Waals surface area (Å²) < 4.78 is 6.73. The standard InChI is InChI=1S/C13H20N6O/c1-9-7-10(2)19(18-9)13-11(14)12(16-8-17-13)15-5-4-6-20-3/h7-8H,4-6,14H2,1-3H3,(H,15,16,17). The third-order valence-electron chi connectivity index (χ3n) is 2.89. The fraction of sp³-hybridized carbons (Fsp3) is 0.462. The van der Waals surface area contributed by atoms with Crippen LogP contribution in [-0.2, 0) is 4.74 Å². The van der Waals surface area contributed by atoms with E-state index in [1.54, 1.807) is 11.8 Å². The second-order valence-electron chi connectivity index (χ2n) is 4.57. The summed E-state index contributed by atoms with van der Waals surface area (Å²) in [4.78, 5) is 8.40. The fourth-order valence-electron chi connectivity index (χ4n) is 1.96. The van der Waals surface area contributed by atoms with Crippen LogP contribution < -0.4 is 11.1 Å². The average molecular weight is 276 g/mol. The molecule has 0 saturated carbocycles. The highest BCUT2D eigenvalue weighted by atomic mass is 16.5. The van der Waals surface area contributed by atoms with Gasteiger partial charge in [-0.25, -0.2) is 14.6 Å². The molecule has 0 radical (unpaired) electrons. The van der Waals surface area contributed by atoms with Crippen molar-refractivity contribution < 1.29 is 4.74 Å². The second-order valence-corrected chi connectivity index (χ2v) is 4.57. The first-order valence-corrected chi connectivity index (χ1v) is 6.50. The van der Waals surface area contributed by atoms with E-state index in [0.29, 0.717) is 23.9 Å². The van der Waals surface area contributed by atoms with Crippen molar-refractivity contribution in [2.75, 3.05) is 31.3 Å². The van der Waals surface area contributed by atoms with E-state index in [2.05, 4.69) is 20.4 Å². The first-order valence-electron chi connectivity index (χ1n) is 6.50. The minimum atomic E-state index is 0.496. The highest BCUT2D eigenvalue weighted by Crippen LogP contribution is 2.22. The van der Waals surface area contributed by atoms with E-state index in [0.717, 1.165) is 24.4 Å². The molecular formula is C13H20N6O. The number of ether oxygens (including phenoxy) is 1. The largest absolute Gasteiger partial charge is 0.393 e. The number of rotatable bonds is 6. The Balaban J connectivity index is 2.21. The first-order chi connectivity index (χ1) is 9.63. The van der Waals surface area contributed by atoms with Gasteiger partial charge in [-0.2, -0.15) is 5.10 Å². The van der Waals surface area contributed by atoms with Crippen LogP contribution in [0.2, 0.25) is 0 Å². The van der Waals surface area contributed by atoms with Crippen molar-refractivity contribution in [3.05, 3.63) is 23.8 Å². The molecule has 3 N–H and O–H groups in total. The predicted molar refractivity (Wildman–Crippen MR) is 78.0 cm³/mol. The molecule has 7 heteroatoms. The maximum Gasteiger partial charge on any atom is 0.182 e. The van der Waals surface area contributed by atoms with Gasteiger partial charge in [-0.3, -0.25) is 0 Å². The van der Waals surface area contributed by atoms with Crippen molar-refractivity contribution in [3.63, 3.8) is 0 Å². The van der Waals surface area contributed by atoms with Crippen LogP contribution in [0.1, 0.15) is 17.8 Å². The van der Waals surface area contributed by atoms with Gasteiger partial charge in [0.1, 0.15) is 12.0 Å². The van der Waals surface area contributed by atoms with E-state index in [1.807, 2.05) is 19.9 Å². The molecule has 108 valence electrons. The minimum Gasteiger partial charge on any atom is -0.393 e. The normalized spacial score (nSPS) is 10.8. The van der Waals surface area contributed by atoms with Gasteiger partial charge in [0.2, 0.25) is 0 Å². The Bertz CT molecular complexity index is 580. The van der Waals surface area contributed by atoms with Crippen molar-refractivity contribution in [2.24, 2.45) is 0 Å². The first kappa shape index (κ1) is 14.3. The predicted octanol–water partition coefficient (Wildman–Crippen LogP) is 1.31. The number of aromatic nitrogens is 4. The molecule has 0 aliphatic rings. The second kappa shape index (κ2) is 6.33. The molecule has 0 bridgehead atoms. The Morgan fingerprint density at radius 1 is 1.35 bits per heavy atom. The van der Waals surface area contributed by atoms with Crippen LogP contribution in [0.5, 0.6) is 0 Å². The van der Waals surface area contributed by atoms with Gasteiger partial charge in [0, 0.05) is 26.0 Å². The van der Waals surface area contributed by atoms with E-state index >= 15 is 0 Å². The summed E-state index contributed by atoms with van der Waals surface area (Å²) >= 11 is 0. The Hall–Kier alpha value is -2.15. The summed E-state index contributed by atoms with van der Waals surface area (Å²) in [7, 11) is 1.68. The number of hydrogen-bond acceptors (Lipinski definition) is 6. The summed E-state index contributed by atoms with van der Waals surface area (Å²) in [5.74, 6) is 1.22. The van der Waals surface area contributed by atoms with Crippen molar-refractivity contribution in [1.29, 1.82) is 0 Å². The quantitative estimate of drug-likeness (QED) is 0.773. The molecule has 0 atom stereocenters. The smallest absolute Gasteiger partial charge is 0.182 e. The van der Waals surface area contributed by atoms with Gasteiger partial charge < -0.3 is 15.8 Å². The van der Waals surface area contributed by atoms with Gasteiger partial charge in [0.15, 0.2) is 11.6 Å². The number of nitrogens with zero attached hydrogens (tertiary/aromatic N) is 4. The van der Waals surface area contributed by atoms with Crippen LogP contribution >= 0.6 is 0 Å². The van der Waals surface area contributed by atoms with Crippen LogP contribution in [0.25, 0.3) is 5.82 Å². The van der Waals surface area contributed by atoms with Crippen LogP contribution in [0.3, 0.4) is 0 Å². The zero-order valence-electron chi connectivity index (χ0n) is 12.1. The number of methoxy groups -OCH3 is 1. The third-order valence-corrected chi connectivity index (χ3v) is 2.89. The van der Waals surface area contributed by atoms with E-state index in [-0.39, 0.29) is 0 Å². The monoisotopic (exact) mass is 276 g/mol. The van der Waals surface area contributed by atoms with Gasteiger partial charge in [0.05, 0.1) is 5.69 Å². The molecule has 0 aliphatic heterocycles. The van der Waals surface area contributed by atoms with Crippen molar-refractivity contribution in [1.82, 2.24) is 19.7 Å². The highest BCUT2D eigenvalue weighted by Gasteiger charge is 2.12. The van der Waals surface area contributed by atoms with Gasteiger partial charge in [-0.05, 0) is 26.3 Å². The Kier molecular flexibility index (Phi) is 4.52. The van der Waals surface area contributed by atoms with Crippen LogP contribution in [0.4, 0.5) is 11.5 Å². The summed E-state index contributed by atoms with van der Waals surface area (Å²) in [5, 5.41) is 7.58. The molecule has 0 fully saturated rings. The third kappa shape index (κ3) is 3.05. The van der Waals surface area contributed by atoms with E-state index in [1.165, 1.54) is 6.33 Å². The summed E-state index contributed by atoms with van der Waals surface area (Å²) in [6, 6.07) is 1.98. The van der Waals surface area contributed by atoms with Crippen LogP contribution in [0.15, 0.2) is 12.4 Å². The minimum absolute atomic E-state index is 0.496. The van der Waals surface area contributed by atoms with Crippen LogP contribution in [-0.4, -0.2) is 40.0 Å². The van der Waals surface area contributed by atoms with E-state index in [9.17, 15) is 0 Å². The number of nitrogen functional groups attached to an aromatic ring is 1. The Morgan fingerprint density at radius 3 is 2.80 bits per heavy atom. The molecule has 2 aromatic heterocycles. The van der Waals surface area contributed by atoms with Crippen molar-refractivity contribution >= 4 is 11.5 Å². The van der Waals surface area contributed by atoms with Gasteiger partial charge in [-0.1, -0.05) is 0 Å². The molecule has 0 saturated heterocycles. The fourth-order valence-corrected chi connectivity index (χ4v) is 1.96. The Labute approximate surface area is 118 Å². The molecule has 2 heterocycles. The van der Waals surface area contributed by atoms with E-state index < -0.39 is 0 Å². The molecule has 7 nitrogen and oxygen atoms in total. The number of hydrogen-bond donors (Lipinski definition) is 2. The average Bonchev–Trinajstić information content (AvgIpc) is 2.75. The molecule has 2 aromatic rings. The molecule has 2 rings (SSSR count). The van der Waals surface area contributed by atoms with Crippen molar-refractivity contribution in [3.8, 4) is 5.82 Å². The molecule has 20 heavy (non-hydrogen) atoms. The number of nitrogens with one attached hydrogen (secondary N) is 1. The summed E-state index contributed by atoms with van der Waals surface area (Å²) in [6.45, 7) is 5.34. The van der Waals surface area contributed by atoms with Crippen LogP contribution in [0, 0.1) is 13.8 Å². The number of aryl methyl sites for hydroxylation is 2. The molecule has 0 aromatic carbocycles. The van der Waals surface area contributed by atoms with Crippen molar-refractivity contribution in [2.45, 2.75) is 20.3 Å². The SMILES string of the molecule is COCCCNc1ncnc(-n2nc(C)cc2C)c1N. The lowest BCUT2D eigenvalue weighted by molar-refractivity contribution is 0.198. The molecule has 0 unspecified atom stereocenters. The lowest BCUT2D eigenvalue weighted by Crippen LogP contribution is -2.12. The van der Waals surface area contributed by atoms with Gasteiger partial charge in [-0.15, -0.1) is 0 Å². The summed E-state index contributed by atoms with van der Waals surface area (Å²) in [6.07, 6.45) is 2.37. The van der Waals surface area contributed by atoms with Gasteiger partial charge in [0.25, 0.3) is 0 Å². The molecule has 0 amide bonds. The summed E-state index contributed by atoms with van der Waals surface area (Å²) in [5.41, 5.74) is 8.54. The molecule has 0 aliphatic carbocycles. The number of anilines is 2. The topological polar surface area (TPSA) is 90.9 Å².